The first-order valence-corrected chi connectivity index (χ1v) is 12.5. The van der Waals surface area contributed by atoms with Crippen molar-refractivity contribution < 1.29 is 14.2 Å². The van der Waals surface area contributed by atoms with Crippen molar-refractivity contribution in [1.29, 1.82) is 5.26 Å². The van der Waals surface area contributed by atoms with E-state index in [-0.39, 0.29) is 18.0 Å². The van der Waals surface area contributed by atoms with Crippen molar-refractivity contribution in [3.8, 4) is 17.3 Å². The molecule has 4 heterocycles. The molecule has 2 aliphatic heterocycles. The second-order valence-electron chi connectivity index (χ2n) is 9.51. The van der Waals surface area contributed by atoms with E-state index in [4.69, 9.17) is 9.84 Å². The summed E-state index contributed by atoms with van der Waals surface area (Å²) in [6.07, 6.45) is 2.89. The quantitative estimate of drug-likeness (QED) is 0.456. The maximum absolute atomic E-state index is 14.0. The summed E-state index contributed by atoms with van der Waals surface area (Å²) in [4.78, 5) is 8.83. The maximum atomic E-state index is 14.0. The van der Waals surface area contributed by atoms with E-state index in [2.05, 4.69) is 20.9 Å². The van der Waals surface area contributed by atoms with Gasteiger partial charge in [0.15, 0.2) is 5.65 Å². The molecule has 0 bridgehead atoms. The van der Waals surface area contributed by atoms with Crippen LogP contribution in [-0.2, 0) is 4.74 Å². The number of anilines is 2. The smallest absolute Gasteiger partial charge is 0.154 e. The number of hydrogen-bond acceptors (Lipinski definition) is 7. The highest BCUT2D eigenvalue weighted by atomic mass is 19.1. The number of benzene rings is 2. The topological polar surface area (TPSA) is 89.9 Å². The van der Waals surface area contributed by atoms with Gasteiger partial charge < -0.3 is 19.6 Å². The highest BCUT2D eigenvalue weighted by Gasteiger charge is 2.27. The largest absolute Gasteiger partial charge is 0.393 e. The van der Waals surface area contributed by atoms with E-state index in [1.54, 1.807) is 22.8 Å². The van der Waals surface area contributed by atoms with E-state index in [0.717, 1.165) is 41.4 Å². The third kappa shape index (κ3) is 4.50. The Labute approximate surface area is 214 Å². The number of aliphatic hydroxyl groups is 1. The van der Waals surface area contributed by atoms with Crippen LogP contribution in [0.4, 0.5) is 15.9 Å². The summed E-state index contributed by atoms with van der Waals surface area (Å²) in [6.45, 7) is 3.08. The summed E-state index contributed by atoms with van der Waals surface area (Å²) in [5, 5.41) is 24.7. The number of nitrogens with zero attached hydrogens (tertiary/aromatic N) is 6. The lowest BCUT2D eigenvalue weighted by molar-refractivity contribution is 0.0935. The Balaban J connectivity index is 1.35. The highest BCUT2D eigenvalue weighted by Crippen LogP contribution is 2.32. The lowest BCUT2D eigenvalue weighted by Gasteiger charge is -2.36. The molecule has 37 heavy (non-hydrogen) atoms. The summed E-state index contributed by atoms with van der Waals surface area (Å²) in [6, 6.07) is 18.5. The van der Waals surface area contributed by atoms with Crippen molar-refractivity contribution in [3.63, 3.8) is 0 Å². The predicted molar refractivity (Wildman–Crippen MR) is 138 cm³/mol. The SMILES string of the molecule is N#Cc1cc(-c2cnc3ccc(N4CCOCC4c4cccc(F)c4)nn23)ccc1N1CCC(O)CC1. The molecule has 0 spiro atoms. The molecular formula is C28H27FN6O2. The van der Waals surface area contributed by atoms with E-state index in [9.17, 15) is 14.8 Å². The van der Waals surface area contributed by atoms with Crippen LogP contribution in [0.25, 0.3) is 16.9 Å². The highest BCUT2D eigenvalue weighted by molar-refractivity contribution is 5.71. The molecule has 0 saturated carbocycles. The first kappa shape index (κ1) is 23.4. The number of morpholine rings is 1. The lowest BCUT2D eigenvalue weighted by Crippen LogP contribution is -2.40. The number of ether oxygens (including phenoxy) is 1. The number of rotatable bonds is 4. The molecule has 1 N–H and O–H groups in total. The van der Waals surface area contributed by atoms with Gasteiger partial charge in [0.05, 0.1) is 48.5 Å². The molecule has 1 atom stereocenters. The fraction of sp³-hybridized carbons (Fsp3) is 0.321. The van der Waals surface area contributed by atoms with Crippen molar-refractivity contribution in [1.82, 2.24) is 14.6 Å². The molecule has 2 aromatic carbocycles. The second-order valence-corrected chi connectivity index (χ2v) is 9.51. The van der Waals surface area contributed by atoms with Gasteiger partial charge in [-0.25, -0.2) is 13.9 Å². The van der Waals surface area contributed by atoms with E-state index in [1.165, 1.54) is 6.07 Å². The zero-order chi connectivity index (χ0) is 25.4. The van der Waals surface area contributed by atoms with Crippen LogP contribution in [0.1, 0.15) is 30.0 Å². The van der Waals surface area contributed by atoms with E-state index >= 15 is 0 Å². The molecule has 0 amide bonds. The molecule has 0 radical (unpaired) electrons. The fourth-order valence-corrected chi connectivity index (χ4v) is 5.25. The molecular weight excluding hydrogens is 471 g/mol. The van der Waals surface area contributed by atoms with Crippen molar-refractivity contribution in [2.75, 3.05) is 42.6 Å². The molecule has 2 fully saturated rings. The predicted octanol–water partition coefficient (Wildman–Crippen LogP) is 3.95. The van der Waals surface area contributed by atoms with Crippen LogP contribution < -0.4 is 9.80 Å². The lowest BCUT2D eigenvalue weighted by atomic mass is 10.0. The normalized spacial score (nSPS) is 18.8. The van der Waals surface area contributed by atoms with Gasteiger partial charge in [-0.1, -0.05) is 18.2 Å². The molecule has 0 aliphatic carbocycles. The molecule has 2 aromatic heterocycles. The van der Waals surface area contributed by atoms with Gasteiger partial charge in [0.25, 0.3) is 0 Å². The van der Waals surface area contributed by atoms with Gasteiger partial charge in [0.2, 0.25) is 0 Å². The van der Waals surface area contributed by atoms with Gasteiger partial charge in [-0.2, -0.15) is 5.26 Å². The van der Waals surface area contributed by atoms with Crippen LogP contribution in [0.2, 0.25) is 0 Å². The van der Waals surface area contributed by atoms with E-state index in [0.29, 0.717) is 43.8 Å². The summed E-state index contributed by atoms with van der Waals surface area (Å²) in [7, 11) is 0. The summed E-state index contributed by atoms with van der Waals surface area (Å²) >= 11 is 0. The third-order valence-corrected chi connectivity index (χ3v) is 7.22. The van der Waals surface area contributed by atoms with E-state index < -0.39 is 0 Å². The average molecular weight is 499 g/mol. The molecule has 4 aromatic rings. The Morgan fingerprint density at radius 3 is 2.73 bits per heavy atom. The minimum Gasteiger partial charge on any atom is -0.393 e. The van der Waals surface area contributed by atoms with Crippen LogP contribution >= 0.6 is 0 Å². The second kappa shape index (κ2) is 9.81. The third-order valence-electron chi connectivity index (χ3n) is 7.22. The number of halogens is 1. The van der Waals surface area contributed by atoms with Gasteiger partial charge >= 0.3 is 0 Å². The molecule has 2 aliphatic rings. The summed E-state index contributed by atoms with van der Waals surface area (Å²) in [5.41, 5.74) is 4.63. The van der Waals surface area contributed by atoms with Gasteiger partial charge in [-0.15, -0.1) is 5.10 Å². The Bertz CT molecular complexity index is 1470. The molecule has 8 nitrogen and oxygen atoms in total. The Hall–Kier alpha value is -4.00. The van der Waals surface area contributed by atoms with Gasteiger partial charge in [-0.3, -0.25) is 0 Å². The van der Waals surface area contributed by atoms with Crippen molar-refractivity contribution in [3.05, 3.63) is 77.7 Å². The van der Waals surface area contributed by atoms with Gasteiger partial charge in [0.1, 0.15) is 17.7 Å². The number of aromatic nitrogens is 3. The fourth-order valence-electron chi connectivity index (χ4n) is 5.25. The summed E-state index contributed by atoms with van der Waals surface area (Å²) in [5.74, 6) is 0.467. The zero-order valence-corrected chi connectivity index (χ0v) is 20.3. The molecule has 6 rings (SSSR count). The maximum Gasteiger partial charge on any atom is 0.154 e. The van der Waals surface area contributed by atoms with E-state index in [1.807, 2.05) is 36.4 Å². The van der Waals surface area contributed by atoms with Crippen molar-refractivity contribution in [2.45, 2.75) is 25.0 Å². The van der Waals surface area contributed by atoms with Crippen LogP contribution in [0.5, 0.6) is 0 Å². The van der Waals surface area contributed by atoms with Crippen molar-refractivity contribution >= 4 is 17.2 Å². The number of hydrogen-bond donors (Lipinski definition) is 1. The Morgan fingerprint density at radius 2 is 1.92 bits per heavy atom. The molecule has 9 heteroatoms. The minimum atomic E-state index is -0.277. The minimum absolute atomic E-state index is 0.158. The first-order valence-electron chi connectivity index (χ1n) is 12.5. The van der Waals surface area contributed by atoms with Crippen molar-refractivity contribution in [2.24, 2.45) is 0 Å². The van der Waals surface area contributed by atoms with Crippen LogP contribution in [0, 0.1) is 17.1 Å². The average Bonchev–Trinajstić information content (AvgIpc) is 3.36. The number of aliphatic hydroxyl groups excluding tert-OH is 1. The summed E-state index contributed by atoms with van der Waals surface area (Å²) < 4.78 is 21.5. The number of imidazole rings is 1. The zero-order valence-electron chi connectivity index (χ0n) is 20.3. The van der Waals surface area contributed by atoms with Crippen LogP contribution in [0.15, 0.2) is 60.8 Å². The number of piperidine rings is 1. The number of fused-ring (bicyclic) bond motifs is 1. The Kier molecular flexibility index (Phi) is 6.20. The monoisotopic (exact) mass is 498 g/mol. The first-order chi connectivity index (χ1) is 18.1. The van der Waals surface area contributed by atoms with Crippen LogP contribution in [-0.4, -0.2) is 58.7 Å². The molecule has 2 saturated heterocycles. The molecule has 1 unspecified atom stereocenters. The van der Waals surface area contributed by atoms with Gasteiger partial charge in [0, 0.05) is 25.2 Å². The van der Waals surface area contributed by atoms with Crippen LogP contribution in [0.3, 0.4) is 0 Å². The Morgan fingerprint density at radius 1 is 1.05 bits per heavy atom. The number of nitriles is 1. The standard InChI is InChI=1S/C28H27FN6O2/c29-22-3-1-2-19(15-22)26-18-37-13-12-34(26)28-7-6-27-31-17-25(35(27)32-28)20-4-5-24(21(14-20)16-30)33-10-8-23(36)9-11-33/h1-7,14-15,17,23,26,36H,8-13,18H2. The molecule has 188 valence electrons. The van der Waals surface area contributed by atoms with Gasteiger partial charge in [-0.05, 0) is 54.8 Å².